The highest BCUT2D eigenvalue weighted by atomic mass is 35.5. The Bertz CT molecular complexity index is 1430. The van der Waals surface area contributed by atoms with E-state index in [0.717, 1.165) is 23.2 Å². The first-order valence-corrected chi connectivity index (χ1v) is 14.7. The van der Waals surface area contributed by atoms with Gasteiger partial charge in [-0.2, -0.15) is 0 Å². The summed E-state index contributed by atoms with van der Waals surface area (Å²) in [6.45, 7) is 4.74. The average molecular weight is 609 g/mol. The molecule has 3 amide bonds. The van der Waals surface area contributed by atoms with Crippen molar-refractivity contribution in [1.82, 2.24) is 10.2 Å². The van der Waals surface area contributed by atoms with Crippen molar-refractivity contribution >= 4 is 40.8 Å². The lowest BCUT2D eigenvalue weighted by Crippen LogP contribution is -2.53. The Labute approximate surface area is 256 Å². The van der Waals surface area contributed by atoms with Crippen molar-refractivity contribution < 1.29 is 23.6 Å². The molecule has 4 N–H and O–H groups in total. The SMILES string of the molecule is CCCCN.Cc1cc(NC(=O)CNC(=O)C2Cc3ccccc3CN2C(=O)CCC(=O)c2ccc(F)cc2)ccc1Cl. The highest BCUT2D eigenvalue weighted by Crippen LogP contribution is 2.25. The highest BCUT2D eigenvalue weighted by molar-refractivity contribution is 6.31. The van der Waals surface area contributed by atoms with Crippen LogP contribution < -0.4 is 16.4 Å². The van der Waals surface area contributed by atoms with Gasteiger partial charge >= 0.3 is 0 Å². The molecule has 1 heterocycles. The van der Waals surface area contributed by atoms with Gasteiger partial charge in [0.25, 0.3) is 0 Å². The van der Waals surface area contributed by atoms with Gasteiger partial charge in [-0.15, -0.1) is 0 Å². The summed E-state index contributed by atoms with van der Waals surface area (Å²) in [6.07, 6.45) is 2.51. The zero-order chi connectivity index (χ0) is 31.4. The van der Waals surface area contributed by atoms with E-state index in [0.29, 0.717) is 16.3 Å². The molecule has 0 fully saturated rings. The van der Waals surface area contributed by atoms with Crippen LogP contribution in [-0.2, 0) is 27.3 Å². The van der Waals surface area contributed by atoms with Crippen LogP contribution in [0.5, 0.6) is 0 Å². The maximum atomic E-state index is 13.2. The molecule has 1 atom stereocenters. The minimum Gasteiger partial charge on any atom is -0.345 e. The van der Waals surface area contributed by atoms with Crippen molar-refractivity contribution in [3.8, 4) is 0 Å². The molecule has 0 aromatic heterocycles. The number of nitrogens with two attached hydrogens (primary N) is 1. The zero-order valence-electron chi connectivity index (χ0n) is 24.5. The zero-order valence-corrected chi connectivity index (χ0v) is 25.3. The van der Waals surface area contributed by atoms with E-state index in [1.165, 1.54) is 42.0 Å². The van der Waals surface area contributed by atoms with Crippen LogP contribution in [0.1, 0.15) is 59.7 Å². The number of ketones is 1. The summed E-state index contributed by atoms with van der Waals surface area (Å²) >= 11 is 6.02. The van der Waals surface area contributed by atoms with E-state index in [9.17, 15) is 23.6 Å². The second-order valence-corrected chi connectivity index (χ2v) is 10.7. The Kier molecular flexibility index (Phi) is 12.8. The molecule has 3 aromatic rings. The topological polar surface area (TPSA) is 122 Å². The molecule has 0 saturated heterocycles. The van der Waals surface area contributed by atoms with Crippen molar-refractivity contribution in [3.63, 3.8) is 0 Å². The first-order chi connectivity index (χ1) is 20.6. The minimum absolute atomic E-state index is 0.0696. The highest BCUT2D eigenvalue weighted by Gasteiger charge is 2.34. The molecule has 228 valence electrons. The van der Waals surface area contributed by atoms with Gasteiger partial charge in [0.15, 0.2) is 5.78 Å². The van der Waals surface area contributed by atoms with E-state index in [2.05, 4.69) is 17.6 Å². The summed E-state index contributed by atoms with van der Waals surface area (Å²) in [7, 11) is 0. The Morgan fingerprint density at radius 3 is 2.33 bits per heavy atom. The largest absolute Gasteiger partial charge is 0.345 e. The summed E-state index contributed by atoms with van der Waals surface area (Å²) in [5, 5.41) is 5.93. The smallest absolute Gasteiger partial charge is 0.243 e. The lowest BCUT2D eigenvalue weighted by molar-refractivity contribution is -0.142. The van der Waals surface area contributed by atoms with Crippen LogP contribution in [0.4, 0.5) is 10.1 Å². The second-order valence-electron chi connectivity index (χ2n) is 10.3. The van der Waals surface area contributed by atoms with Crippen LogP contribution in [0, 0.1) is 12.7 Å². The molecular weight excluding hydrogens is 571 g/mol. The molecule has 0 bridgehead atoms. The van der Waals surface area contributed by atoms with E-state index in [-0.39, 0.29) is 44.0 Å². The molecule has 1 unspecified atom stereocenters. The number of carbonyl (C=O) groups is 4. The molecule has 43 heavy (non-hydrogen) atoms. The van der Waals surface area contributed by atoms with Crippen molar-refractivity contribution in [3.05, 3.63) is 99.8 Å². The molecule has 0 aliphatic carbocycles. The molecule has 0 spiro atoms. The number of unbranched alkanes of at least 4 members (excludes halogenated alkanes) is 1. The van der Waals surface area contributed by atoms with E-state index in [1.54, 1.807) is 18.2 Å². The number of aryl methyl sites for hydroxylation is 1. The first kappa shape index (κ1) is 33.4. The van der Waals surface area contributed by atoms with Gasteiger partial charge in [0.2, 0.25) is 17.7 Å². The van der Waals surface area contributed by atoms with E-state index in [4.69, 9.17) is 17.3 Å². The van der Waals surface area contributed by atoms with Crippen molar-refractivity contribution in [1.29, 1.82) is 0 Å². The Hall–Kier alpha value is -4.08. The predicted molar refractivity (Wildman–Crippen MR) is 166 cm³/mol. The van der Waals surface area contributed by atoms with Gasteiger partial charge in [-0.3, -0.25) is 19.2 Å². The third-order valence-electron chi connectivity index (χ3n) is 7.03. The molecule has 0 radical (unpaired) electrons. The maximum Gasteiger partial charge on any atom is 0.243 e. The number of nitrogens with zero attached hydrogens (tertiary/aromatic N) is 1. The fraction of sp³-hybridized carbons (Fsp3) is 0.333. The maximum absolute atomic E-state index is 13.2. The van der Waals surface area contributed by atoms with Gasteiger partial charge in [0, 0.05) is 42.1 Å². The van der Waals surface area contributed by atoms with Crippen LogP contribution in [-0.4, -0.2) is 47.5 Å². The Balaban J connectivity index is 0.000000934. The van der Waals surface area contributed by atoms with Crippen molar-refractivity contribution in [2.24, 2.45) is 5.73 Å². The van der Waals surface area contributed by atoms with Gasteiger partial charge in [0.1, 0.15) is 11.9 Å². The van der Waals surface area contributed by atoms with Crippen molar-refractivity contribution in [2.75, 3.05) is 18.4 Å². The van der Waals surface area contributed by atoms with Gasteiger partial charge in [-0.25, -0.2) is 4.39 Å². The quantitative estimate of drug-likeness (QED) is 0.273. The Morgan fingerprint density at radius 1 is 1.00 bits per heavy atom. The fourth-order valence-corrected chi connectivity index (χ4v) is 4.70. The fourth-order valence-electron chi connectivity index (χ4n) is 4.58. The van der Waals surface area contributed by atoms with Crippen LogP contribution in [0.3, 0.4) is 0 Å². The van der Waals surface area contributed by atoms with Gasteiger partial charge in [-0.05, 0) is 79.0 Å². The molecule has 1 aliphatic rings. The Morgan fingerprint density at radius 2 is 1.70 bits per heavy atom. The van der Waals surface area contributed by atoms with Gasteiger partial charge in [0.05, 0.1) is 6.54 Å². The number of fused-ring (bicyclic) bond motifs is 1. The minimum atomic E-state index is -0.830. The number of rotatable bonds is 10. The summed E-state index contributed by atoms with van der Waals surface area (Å²) in [6, 6.07) is 16.9. The number of nitrogens with one attached hydrogen (secondary N) is 2. The van der Waals surface area contributed by atoms with Gasteiger partial charge < -0.3 is 21.3 Å². The number of hydrogen-bond acceptors (Lipinski definition) is 5. The van der Waals surface area contributed by atoms with Crippen LogP contribution in [0.15, 0.2) is 66.7 Å². The number of halogens is 2. The monoisotopic (exact) mass is 608 g/mol. The van der Waals surface area contributed by atoms with E-state index in [1.807, 2.05) is 31.2 Å². The normalized spacial score (nSPS) is 13.7. The van der Waals surface area contributed by atoms with E-state index >= 15 is 0 Å². The predicted octanol–water partition coefficient (Wildman–Crippen LogP) is 5.20. The lowest BCUT2D eigenvalue weighted by atomic mass is 9.93. The standard InChI is InChI=1S/C29H27ClFN3O4.C4H11N/c1-18-14-23(10-11-24(18)30)33-27(36)16-32-29(38)25-15-20-4-2-3-5-21(20)17-34(25)28(37)13-12-26(35)19-6-8-22(31)9-7-19;1-2-3-4-5/h2-11,14,25H,12-13,15-17H2,1H3,(H,32,38)(H,33,36);2-5H2,1H3. The van der Waals surface area contributed by atoms with Gasteiger partial charge in [-0.1, -0.05) is 49.2 Å². The first-order valence-electron chi connectivity index (χ1n) is 14.3. The average Bonchev–Trinajstić information content (AvgIpc) is 3.00. The van der Waals surface area contributed by atoms with E-state index < -0.39 is 23.7 Å². The molecule has 10 heteroatoms. The summed E-state index contributed by atoms with van der Waals surface area (Å²) < 4.78 is 13.2. The number of carbonyl (C=O) groups excluding carboxylic acids is 4. The van der Waals surface area contributed by atoms with Crippen LogP contribution in [0.2, 0.25) is 5.02 Å². The molecule has 3 aromatic carbocycles. The van der Waals surface area contributed by atoms with Crippen molar-refractivity contribution in [2.45, 2.75) is 58.5 Å². The molecule has 1 aliphatic heterocycles. The summed E-state index contributed by atoms with van der Waals surface area (Å²) in [5.74, 6) is -1.96. The lowest BCUT2D eigenvalue weighted by Gasteiger charge is -2.36. The summed E-state index contributed by atoms with van der Waals surface area (Å²) in [5.41, 5.74) is 8.69. The third kappa shape index (κ3) is 10.0. The van der Waals surface area contributed by atoms with Crippen LogP contribution >= 0.6 is 11.6 Å². The number of hydrogen-bond donors (Lipinski definition) is 3. The molecule has 0 saturated carbocycles. The third-order valence-corrected chi connectivity index (χ3v) is 7.45. The number of benzene rings is 3. The number of anilines is 1. The summed E-state index contributed by atoms with van der Waals surface area (Å²) in [4.78, 5) is 52.8. The van der Waals surface area contributed by atoms with Crippen LogP contribution in [0.25, 0.3) is 0 Å². The number of amides is 3. The second kappa shape index (κ2) is 16.5. The molecular formula is C33H38ClFN4O4. The number of Topliss-reactive ketones (excluding diaryl/α,β-unsaturated/α-hetero) is 1. The molecule has 8 nitrogen and oxygen atoms in total. The molecule has 4 rings (SSSR count).